The number of carbonyl (C=O) groups excluding carboxylic acids is 1. The maximum atomic E-state index is 12.0. The van der Waals surface area contributed by atoms with E-state index in [1.165, 1.54) is 27.7 Å². The van der Waals surface area contributed by atoms with E-state index in [0.717, 1.165) is 11.3 Å². The van der Waals surface area contributed by atoms with E-state index in [1.54, 1.807) is 0 Å². The smallest absolute Gasteiger partial charge is 0.301 e. The molecule has 1 amide bonds. The molecule has 0 bridgehead atoms. The van der Waals surface area contributed by atoms with Crippen molar-refractivity contribution in [3.63, 3.8) is 0 Å². The maximum Gasteiger partial charge on any atom is 0.344 e. The van der Waals surface area contributed by atoms with Gasteiger partial charge in [-0.05, 0) is 12.5 Å². The van der Waals surface area contributed by atoms with Crippen molar-refractivity contribution in [3.8, 4) is 0 Å². The molecule has 0 fully saturated rings. The van der Waals surface area contributed by atoms with Crippen LogP contribution in [0.3, 0.4) is 0 Å². The zero-order valence-corrected chi connectivity index (χ0v) is 14.5. The number of aryl methyl sites for hydroxylation is 1. The third kappa shape index (κ3) is 4.12. The number of nitrogens with one attached hydrogen (secondary N) is 2. The van der Waals surface area contributed by atoms with Crippen molar-refractivity contribution in [3.05, 3.63) is 57.5 Å². The Bertz CT molecular complexity index is 885. The molecule has 124 valence electrons. The van der Waals surface area contributed by atoms with Crippen molar-refractivity contribution in [2.24, 2.45) is 0 Å². The first-order valence-electron chi connectivity index (χ1n) is 7.16. The molecule has 3 rings (SSSR count). The number of thioether (sulfide) groups is 1. The molecule has 0 aliphatic carbocycles. The number of hydrogen-bond donors (Lipinski definition) is 2. The summed E-state index contributed by atoms with van der Waals surface area (Å²) in [6.07, 6.45) is 0. The van der Waals surface area contributed by atoms with E-state index in [0.29, 0.717) is 16.8 Å². The van der Waals surface area contributed by atoms with Gasteiger partial charge >= 0.3 is 5.69 Å². The first kappa shape index (κ1) is 16.5. The average Bonchev–Trinajstić information content (AvgIpc) is 3.13. The fourth-order valence-corrected chi connectivity index (χ4v) is 3.47. The van der Waals surface area contributed by atoms with Crippen molar-refractivity contribution in [1.29, 1.82) is 0 Å². The summed E-state index contributed by atoms with van der Waals surface area (Å²) in [5, 5.41) is 12.1. The first-order chi connectivity index (χ1) is 11.6. The monoisotopic (exact) mass is 361 g/mol. The predicted octanol–water partition coefficient (Wildman–Crippen LogP) is 2.12. The molecule has 0 aliphatic rings. The third-order valence-corrected chi connectivity index (χ3v) is 4.96. The minimum atomic E-state index is -0.294. The molecule has 0 saturated heterocycles. The summed E-state index contributed by atoms with van der Waals surface area (Å²) in [5.41, 5.74) is 1.56. The quantitative estimate of drug-likeness (QED) is 0.656. The lowest BCUT2D eigenvalue weighted by atomic mass is 10.2. The third-order valence-electron chi connectivity index (χ3n) is 3.10. The van der Waals surface area contributed by atoms with Gasteiger partial charge in [-0.2, -0.15) is 0 Å². The van der Waals surface area contributed by atoms with Gasteiger partial charge in [-0.15, -0.1) is 16.4 Å². The van der Waals surface area contributed by atoms with Crippen LogP contribution in [0, 0.1) is 6.92 Å². The number of carbonyl (C=O) groups is 1. The second kappa shape index (κ2) is 7.45. The number of aromatic nitrogens is 4. The van der Waals surface area contributed by atoms with Crippen LogP contribution < -0.4 is 11.0 Å². The largest absolute Gasteiger partial charge is 0.344 e. The van der Waals surface area contributed by atoms with Crippen molar-refractivity contribution >= 4 is 34.1 Å². The Morgan fingerprint density at radius 3 is 2.88 bits per heavy atom. The standard InChI is InChI=1S/C15H15N5O2S2/c1-10-8-23-13(16-10)17-12(21)9-24-15-19-18-14(22)20(15)7-11-5-3-2-4-6-11/h2-6,8H,7,9H2,1H3,(H,18,22)(H,16,17,21). The highest BCUT2D eigenvalue weighted by Gasteiger charge is 2.12. The van der Waals surface area contributed by atoms with E-state index in [4.69, 9.17) is 0 Å². The molecule has 1 aromatic carbocycles. The highest BCUT2D eigenvalue weighted by molar-refractivity contribution is 7.99. The summed E-state index contributed by atoms with van der Waals surface area (Å²) < 4.78 is 1.51. The number of H-pyrrole nitrogens is 1. The molecule has 2 aromatic heterocycles. The fourth-order valence-electron chi connectivity index (χ4n) is 2.02. The van der Waals surface area contributed by atoms with Gasteiger partial charge in [0.15, 0.2) is 10.3 Å². The molecule has 0 spiro atoms. The van der Waals surface area contributed by atoms with Crippen molar-refractivity contribution in [1.82, 2.24) is 19.7 Å². The molecule has 0 aliphatic heterocycles. The van der Waals surface area contributed by atoms with E-state index in [-0.39, 0.29) is 17.3 Å². The fraction of sp³-hybridized carbons (Fsp3) is 0.200. The Kier molecular flexibility index (Phi) is 5.11. The Balaban J connectivity index is 1.63. The van der Waals surface area contributed by atoms with Crippen LogP contribution >= 0.6 is 23.1 Å². The zero-order valence-electron chi connectivity index (χ0n) is 12.9. The van der Waals surface area contributed by atoms with Crippen LogP contribution in [0.15, 0.2) is 45.7 Å². The Morgan fingerprint density at radius 1 is 1.38 bits per heavy atom. The lowest BCUT2D eigenvalue weighted by Crippen LogP contribution is -2.19. The Labute approximate surface area is 146 Å². The number of rotatable bonds is 6. The van der Waals surface area contributed by atoms with Gasteiger partial charge in [0, 0.05) is 5.38 Å². The molecule has 3 aromatic rings. The first-order valence-corrected chi connectivity index (χ1v) is 9.02. The normalized spacial score (nSPS) is 10.7. The number of hydrogen-bond acceptors (Lipinski definition) is 6. The van der Waals surface area contributed by atoms with Gasteiger partial charge < -0.3 is 5.32 Å². The van der Waals surface area contributed by atoms with Gasteiger partial charge in [-0.3, -0.25) is 9.36 Å². The second-order valence-electron chi connectivity index (χ2n) is 5.01. The number of aromatic amines is 1. The van der Waals surface area contributed by atoms with Crippen LogP contribution in [-0.4, -0.2) is 31.4 Å². The molecular formula is C15H15N5O2S2. The number of benzene rings is 1. The average molecular weight is 361 g/mol. The molecule has 0 saturated carbocycles. The summed E-state index contributed by atoms with van der Waals surface area (Å²) in [5.74, 6) is -0.0337. The Hall–Kier alpha value is -2.39. The van der Waals surface area contributed by atoms with E-state index >= 15 is 0 Å². The molecule has 24 heavy (non-hydrogen) atoms. The topological polar surface area (TPSA) is 92.7 Å². The van der Waals surface area contributed by atoms with Crippen LogP contribution in [0.4, 0.5) is 5.13 Å². The molecule has 0 radical (unpaired) electrons. The molecule has 0 unspecified atom stereocenters. The molecular weight excluding hydrogens is 346 g/mol. The summed E-state index contributed by atoms with van der Waals surface area (Å²) in [6.45, 7) is 2.28. The van der Waals surface area contributed by atoms with Crippen molar-refractivity contribution < 1.29 is 4.79 Å². The van der Waals surface area contributed by atoms with Crippen LogP contribution in [0.2, 0.25) is 0 Å². The van der Waals surface area contributed by atoms with Gasteiger partial charge in [0.05, 0.1) is 18.0 Å². The zero-order chi connectivity index (χ0) is 16.9. The number of thiazole rings is 1. The molecule has 2 heterocycles. The van der Waals surface area contributed by atoms with Crippen molar-refractivity contribution in [2.75, 3.05) is 11.1 Å². The summed E-state index contributed by atoms with van der Waals surface area (Å²) in [7, 11) is 0. The maximum absolute atomic E-state index is 12.0. The van der Waals surface area contributed by atoms with Gasteiger partial charge in [0.2, 0.25) is 5.91 Å². The molecule has 0 atom stereocenters. The van der Waals surface area contributed by atoms with E-state index in [2.05, 4.69) is 20.5 Å². The second-order valence-corrected chi connectivity index (χ2v) is 6.81. The number of amides is 1. The summed E-state index contributed by atoms with van der Waals surface area (Å²) >= 11 is 2.59. The highest BCUT2D eigenvalue weighted by Crippen LogP contribution is 2.17. The lowest BCUT2D eigenvalue weighted by Gasteiger charge is -2.05. The minimum absolute atomic E-state index is 0.151. The van der Waals surface area contributed by atoms with Crippen LogP contribution in [0.1, 0.15) is 11.3 Å². The lowest BCUT2D eigenvalue weighted by molar-refractivity contribution is -0.113. The van der Waals surface area contributed by atoms with Gasteiger partial charge in [-0.1, -0.05) is 42.1 Å². The number of nitrogens with zero attached hydrogens (tertiary/aromatic N) is 3. The minimum Gasteiger partial charge on any atom is -0.301 e. The number of anilines is 1. The van der Waals surface area contributed by atoms with E-state index in [9.17, 15) is 9.59 Å². The Morgan fingerprint density at radius 2 is 2.17 bits per heavy atom. The SMILES string of the molecule is Cc1csc(NC(=O)CSc2n[nH]c(=O)n2Cc2ccccc2)n1. The van der Waals surface area contributed by atoms with Crippen molar-refractivity contribution in [2.45, 2.75) is 18.6 Å². The van der Waals surface area contributed by atoms with Gasteiger partial charge in [0.1, 0.15) is 0 Å². The molecule has 7 nitrogen and oxygen atoms in total. The van der Waals surface area contributed by atoms with Crippen LogP contribution in [-0.2, 0) is 11.3 Å². The highest BCUT2D eigenvalue weighted by atomic mass is 32.2. The van der Waals surface area contributed by atoms with Gasteiger partial charge in [-0.25, -0.2) is 14.9 Å². The van der Waals surface area contributed by atoms with Gasteiger partial charge in [0.25, 0.3) is 0 Å². The summed E-state index contributed by atoms with van der Waals surface area (Å²) in [4.78, 5) is 28.1. The van der Waals surface area contributed by atoms with E-state index in [1.807, 2.05) is 42.6 Å². The van der Waals surface area contributed by atoms with Crippen LogP contribution in [0.25, 0.3) is 0 Å². The summed E-state index contributed by atoms with van der Waals surface area (Å²) in [6, 6.07) is 9.62. The molecule has 2 N–H and O–H groups in total. The predicted molar refractivity (Wildman–Crippen MR) is 94.6 cm³/mol. The van der Waals surface area contributed by atoms with E-state index < -0.39 is 0 Å². The molecule has 9 heteroatoms. The van der Waals surface area contributed by atoms with Crippen LogP contribution in [0.5, 0.6) is 0 Å².